The Labute approximate surface area is 123 Å². The highest BCUT2D eigenvalue weighted by molar-refractivity contribution is 5.83. The Hall–Kier alpha value is -2.47. The van der Waals surface area contributed by atoms with Crippen LogP contribution in [0.3, 0.4) is 0 Å². The van der Waals surface area contributed by atoms with Gasteiger partial charge in [-0.25, -0.2) is 9.97 Å². The molecule has 1 heterocycles. The zero-order valence-corrected chi connectivity index (χ0v) is 12.0. The van der Waals surface area contributed by atoms with Crippen LogP contribution in [-0.4, -0.2) is 21.4 Å². The van der Waals surface area contributed by atoms with E-state index in [9.17, 15) is 4.79 Å². The third kappa shape index (κ3) is 4.25. The van der Waals surface area contributed by atoms with Crippen LogP contribution >= 0.6 is 0 Å². The first kappa shape index (κ1) is 14.9. The lowest BCUT2D eigenvalue weighted by Crippen LogP contribution is -2.50. The highest BCUT2D eigenvalue weighted by Gasteiger charge is 2.23. The van der Waals surface area contributed by atoms with Crippen molar-refractivity contribution in [3.63, 3.8) is 0 Å². The van der Waals surface area contributed by atoms with Crippen LogP contribution in [0.4, 0.5) is 0 Å². The number of nitrogens with two attached hydrogens (primary N) is 1. The van der Waals surface area contributed by atoms with Gasteiger partial charge in [0, 0.05) is 18.8 Å². The number of rotatable bonds is 6. The molecule has 0 saturated heterocycles. The molecule has 3 N–H and O–H groups in total. The van der Waals surface area contributed by atoms with Crippen molar-refractivity contribution in [2.24, 2.45) is 5.73 Å². The molecule has 2 rings (SSSR count). The van der Waals surface area contributed by atoms with Gasteiger partial charge in [-0.1, -0.05) is 12.1 Å². The normalized spacial score (nSPS) is 11.1. The van der Waals surface area contributed by atoms with Gasteiger partial charge in [-0.3, -0.25) is 10.1 Å². The third-order valence-corrected chi connectivity index (χ3v) is 3.05. The maximum atomic E-state index is 11.2. The first-order chi connectivity index (χ1) is 9.97. The molecule has 1 amide bonds. The van der Waals surface area contributed by atoms with Gasteiger partial charge in [0.1, 0.15) is 12.1 Å². The summed E-state index contributed by atoms with van der Waals surface area (Å²) >= 11 is 0. The smallest absolute Gasteiger partial charge is 0.237 e. The highest BCUT2D eigenvalue weighted by Crippen LogP contribution is 2.19. The lowest BCUT2D eigenvalue weighted by molar-refractivity contribution is -0.123. The fraction of sp³-hybridized carbons (Fsp3) is 0.267. The number of nitrogens with zero attached hydrogens (tertiary/aromatic N) is 2. The van der Waals surface area contributed by atoms with E-state index in [-0.39, 0.29) is 5.91 Å². The van der Waals surface area contributed by atoms with Crippen molar-refractivity contribution in [2.75, 3.05) is 0 Å². The number of benzene rings is 1. The molecule has 0 radical (unpaired) electrons. The van der Waals surface area contributed by atoms with Crippen LogP contribution in [-0.2, 0) is 11.3 Å². The van der Waals surface area contributed by atoms with Crippen LogP contribution < -0.4 is 15.8 Å². The van der Waals surface area contributed by atoms with E-state index < -0.39 is 5.54 Å². The van der Waals surface area contributed by atoms with Crippen molar-refractivity contribution in [1.29, 1.82) is 0 Å². The maximum Gasteiger partial charge on any atom is 0.237 e. The molecule has 0 fully saturated rings. The summed E-state index contributed by atoms with van der Waals surface area (Å²) in [5, 5.41) is 3.11. The van der Waals surface area contributed by atoms with Crippen molar-refractivity contribution in [2.45, 2.75) is 25.9 Å². The van der Waals surface area contributed by atoms with E-state index in [2.05, 4.69) is 15.3 Å². The summed E-state index contributed by atoms with van der Waals surface area (Å²) in [7, 11) is 0. The quantitative estimate of drug-likeness (QED) is 0.842. The summed E-state index contributed by atoms with van der Waals surface area (Å²) in [5.74, 6) is 0.795. The van der Waals surface area contributed by atoms with E-state index >= 15 is 0 Å². The van der Waals surface area contributed by atoms with Gasteiger partial charge >= 0.3 is 0 Å². The largest absolute Gasteiger partial charge is 0.439 e. The molecule has 6 nitrogen and oxygen atoms in total. The molecule has 0 aliphatic heterocycles. The summed E-state index contributed by atoms with van der Waals surface area (Å²) in [6.45, 7) is 4.05. The van der Waals surface area contributed by atoms with Gasteiger partial charge in [0.2, 0.25) is 11.8 Å². The predicted molar refractivity (Wildman–Crippen MR) is 78.7 cm³/mol. The standard InChI is InChI=1S/C15H18N4O2/c1-15(2,14(16)20)19-9-11-3-5-12(6-4-11)21-13-7-8-17-10-18-13/h3-8,10,19H,9H2,1-2H3,(H2,16,20). The fourth-order valence-electron chi connectivity index (χ4n) is 1.55. The predicted octanol–water partition coefficient (Wildman–Crippen LogP) is 1.62. The van der Waals surface area contributed by atoms with Gasteiger partial charge in [0.05, 0.1) is 5.54 Å². The van der Waals surface area contributed by atoms with Crippen molar-refractivity contribution in [1.82, 2.24) is 15.3 Å². The molecule has 2 aromatic rings. The Morgan fingerprint density at radius 1 is 1.29 bits per heavy atom. The Kier molecular flexibility index (Phi) is 4.49. The molecular formula is C15H18N4O2. The number of carbonyl (C=O) groups excluding carboxylic acids is 1. The lowest BCUT2D eigenvalue weighted by Gasteiger charge is -2.22. The molecule has 0 aliphatic carbocycles. The van der Waals surface area contributed by atoms with Gasteiger partial charge in [-0.05, 0) is 31.5 Å². The molecule has 21 heavy (non-hydrogen) atoms. The van der Waals surface area contributed by atoms with E-state index in [1.165, 1.54) is 6.33 Å². The number of hydrogen-bond acceptors (Lipinski definition) is 5. The van der Waals surface area contributed by atoms with Gasteiger partial charge < -0.3 is 10.5 Å². The number of primary amides is 1. The van der Waals surface area contributed by atoms with Crippen molar-refractivity contribution in [3.8, 4) is 11.6 Å². The Morgan fingerprint density at radius 3 is 2.57 bits per heavy atom. The number of nitrogens with one attached hydrogen (secondary N) is 1. The Bertz CT molecular complexity index is 597. The number of ether oxygens (including phenoxy) is 1. The minimum absolute atomic E-state index is 0.383. The Morgan fingerprint density at radius 2 is 2.00 bits per heavy atom. The summed E-state index contributed by atoms with van der Waals surface area (Å²) in [6, 6.07) is 9.21. The first-order valence-corrected chi connectivity index (χ1v) is 6.55. The van der Waals surface area contributed by atoms with Crippen molar-refractivity contribution < 1.29 is 9.53 Å². The zero-order chi connectivity index (χ0) is 15.3. The molecule has 110 valence electrons. The molecule has 0 saturated carbocycles. The number of hydrogen-bond donors (Lipinski definition) is 2. The average molecular weight is 286 g/mol. The van der Waals surface area contributed by atoms with E-state index in [4.69, 9.17) is 10.5 Å². The van der Waals surface area contributed by atoms with E-state index in [0.717, 1.165) is 5.56 Å². The number of amides is 1. The van der Waals surface area contributed by atoms with Gasteiger partial charge in [-0.15, -0.1) is 0 Å². The molecule has 6 heteroatoms. The van der Waals surface area contributed by atoms with Gasteiger partial charge in [-0.2, -0.15) is 0 Å². The summed E-state index contributed by atoms with van der Waals surface area (Å²) < 4.78 is 5.57. The van der Waals surface area contributed by atoms with Crippen LogP contribution in [0.2, 0.25) is 0 Å². The fourth-order valence-corrected chi connectivity index (χ4v) is 1.55. The molecular weight excluding hydrogens is 268 g/mol. The second-order valence-corrected chi connectivity index (χ2v) is 5.14. The summed E-state index contributed by atoms with van der Waals surface area (Å²) in [5.41, 5.74) is 5.60. The molecule has 0 bridgehead atoms. The van der Waals surface area contributed by atoms with Crippen LogP contribution in [0.5, 0.6) is 11.6 Å². The molecule has 1 aromatic heterocycles. The van der Waals surface area contributed by atoms with Crippen LogP contribution in [0.15, 0.2) is 42.9 Å². The van der Waals surface area contributed by atoms with Crippen LogP contribution in [0.25, 0.3) is 0 Å². The van der Waals surface area contributed by atoms with Gasteiger partial charge in [0.25, 0.3) is 0 Å². The Balaban J connectivity index is 1.95. The van der Waals surface area contributed by atoms with Gasteiger partial charge in [0.15, 0.2) is 0 Å². The monoisotopic (exact) mass is 286 g/mol. The lowest BCUT2D eigenvalue weighted by atomic mass is 10.0. The van der Waals surface area contributed by atoms with Crippen molar-refractivity contribution in [3.05, 3.63) is 48.4 Å². The summed E-state index contributed by atoms with van der Waals surface area (Å²) in [4.78, 5) is 19.0. The minimum atomic E-state index is -0.740. The molecule has 0 atom stereocenters. The second kappa shape index (κ2) is 6.32. The van der Waals surface area contributed by atoms with E-state index in [1.54, 1.807) is 26.1 Å². The van der Waals surface area contributed by atoms with Crippen LogP contribution in [0, 0.1) is 0 Å². The number of carbonyl (C=O) groups is 1. The number of aromatic nitrogens is 2. The third-order valence-electron chi connectivity index (χ3n) is 3.05. The van der Waals surface area contributed by atoms with Crippen LogP contribution in [0.1, 0.15) is 19.4 Å². The minimum Gasteiger partial charge on any atom is -0.439 e. The highest BCUT2D eigenvalue weighted by atomic mass is 16.5. The SMILES string of the molecule is CC(C)(NCc1ccc(Oc2ccncn2)cc1)C(N)=O. The molecule has 0 aliphatic rings. The first-order valence-electron chi connectivity index (χ1n) is 6.55. The second-order valence-electron chi connectivity index (χ2n) is 5.14. The molecule has 1 aromatic carbocycles. The topological polar surface area (TPSA) is 90.1 Å². The average Bonchev–Trinajstić information content (AvgIpc) is 2.47. The maximum absolute atomic E-state index is 11.2. The van der Waals surface area contributed by atoms with Crippen molar-refractivity contribution >= 4 is 5.91 Å². The zero-order valence-electron chi connectivity index (χ0n) is 12.0. The molecule has 0 spiro atoms. The van der Waals surface area contributed by atoms with E-state index in [1.807, 2.05) is 24.3 Å². The summed E-state index contributed by atoms with van der Waals surface area (Å²) in [6.07, 6.45) is 3.05. The van der Waals surface area contributed by atoms with E-state index in [0.29, 0.717) is 18.2 Å². The molecule has 0 unspecified atom stereocenters.